The van der Waals surface area contributed by atoms with Crippen molar-refractivity contribution in [1.82, 2.24) is 0 Å². The molecule has 0 saturated carbocycles. The smallest absolute Gasteiger partial charge is 0.326 e. The maximum absolute atomic E-state index is 13.1. The van der Waals surface area contributed by atoms with Crippen LogP contribution in [0.5, 0.6) is 11.5 Å². The number of rotatable bonds is 15. The molecule has 0 saturated heterocycles. The molecule has 2 N–H and O–H groups in total. The number of aliphatic carboxylic acids is 1. The fraction of sp³-hybridized carbons (Fsp3) is 0.194. The van der Waals surface area contributed by atoms with Gasteiger partial charge in [0.05, 0.1) is 19.4 Å². The molecule has 1 atom stereocenters. The van der Waals surface area contributed by atoms with E-state index in [9.17, 15) is 19.5 Å². The molecule has 4 aromatic rings. The second-order valence-electron chi connectivity index (χ2n) is 10.2. The molecule has 0 radical (unpaired) electrons. The number of amides is 1. The van der Waals surface area contributed by atoms with Gasteiger partial charge in [-0.25, -0.2) is 4.79 Å². The summed E-state index contributed by atoms with van der Waals surface area (Å²) in [6.07, 6.45) is 0.755. The summed E-state index contributed by atoms with van der Waals surface area (Å²) in [6, 6.07) is 29.4. The first kappa shape index (κ1) is 31.6. The van der Waals surface area contributed by atoms with E-state index >= 15 is 0 Å². The van der Waals surface area contributed by atoms with Gasteiger partial charge in [0.2, 0.25) is 0 Å². The van der Waals surface area contributed by atoms with Crippen LogP contribution in [0.1, 0.15) is 34.8 Å². The Bertz CT molecular complexity index is 1600. The lowest BCUT2D eigenvalue weighted by atomic mass is 10.00. The number of ether oxygens (including phenoxy) is 2. The van der Waals surface area contributed by atoms with Crippen LogP contribution in [0.4, 0.5) is 11.4 Å². The number of carboxylic acids is 1. The zero-order chi connectivity index (χ0) is 31.5. The maximum atomic E-state index is 13.1. The molecule has 1 unspecified atom stereocenters. The van der Waals surface area contributed by atoms with Gasteiger partial charge in [-0.05, 0) is 55.3 Å². The Kier molecular flexibility index (Phi) is 10.9. The molecule has 44 heavy (non-hydrogen) atoms. The van der Waals surface area contributed by atoms with Gasteiger partial charge in [0.25, 0.3) is 5.91 Å². The third kappa shape index (κ3) is 8.13. The van der Waals surface area contributed by atoms with Gasteiger partial charge in [-0.15, -0.1) is 0 Å². The van der Waals surface area contributed by atoms with Gasteiger partial charge in [0.15, 0.2) is 5.78 Å². The first-order chi connectivity index (χ1) is 21.3. The molecule has 0 aliphatic heterocycles. The molecule has 4 aromatic carbocycles. The zero-order valence-corrected chi connectivity index (χ0v) is 24.9. The minimum Gasteiger partial charge on any atom is -0.495 e. The summed E-state index contributed by atoms with van der Waals surface area (Å²) in [4.78, 5) is 39.8. The number of nitrogens with zero attached hydrogens (tertiary/aromatic N) is 1. The molecule has 0 heterocycles. The number of carboxylic acid groups (broad SMARTS) is 1. The largest absolute Gasteiger partial charge is 0.495 e. The summed E-state index contributed by atoms with van der Waals surface area (Å²) in [5.41, 5.74) is 3.27. The van der Waals surface area contributed by atoms with Crippen molar-refractivity contribution in [2.45, 2.75) is 25.8 Å². The Hall–Kier alpha value is -5.37. The number of hydrogen-bond acceptors (Lipinski definition) is 6. The van der Waals surface area contributed by atoms with Gasteiger partial charge in [-0.2, -0.15) is 0 Å². The molecule has 226 valence electrons. The zero-order valence-electron chi connectivity index (χ0n) is 24.9. The molecule has 0 aromatic heterocycles. The predicted octanol–water partition coefficient (Wildman–Crippen LogP) is 6.41. The summed E-state index contributed by atoms with van der Waals surface area (Å²) >= 11 is 0. The van der Waals surface area contributed by atoms with Gasteiger partial charge in [-0.1, -0.05) is 73.3 Å². The van der Waals surface area contributed by atoms with E-state index in [2.05, 4.69) is 11.9 Å². The van der Waals surface area contributed by atoms with Gasteiger partial charge in [-0.3, -0.25) is 9.59 Å². The molecule has 0 aliphatic carbocycles. The molecular weight excluding hydrogens is 556 g/mol. The third-order valence-corrected chi connectivity index (χ3v) is 6.98. The number of ketones is 1. The Morgan fingerprint density at radius 3 is 2.23 bits per heavy atom. The molecule has 8 heteroatoms. The van der Waals surface area contributed by atoms with Crippen LogP contribution >= 0.6 is 0 Å². The van der Waals surface area contributed by atoms with Crippen LogP contribution in [0, 0.1) is 0 Å². The Balaban J connectivity index is 1.36. The highest BCUT2D eigenvalue weighted by molar-refractivity contribution is 6.12. The minimum atomic E-state index is -1.03. The number of carbonyl (C=O) groups is 3. The second-order valence-corrected chi connectivity index (χ2v) is 10.2. The van der Waals surface area contributed by atoms with E-state index < -0.39 is 12.0 Å². The maximum Gasteiger partial charge on any atom is 0.326 e. The van der Waals surface area contributed by atoms with E-state index in [0.717, 1.165) is 5.56 Å². The Morgan fingerprint density at radius 1 is 0.886 bits per heavy atom. The lowest BCUT2D eigenvalue weighted by Gasteiger charge is -2.24. The van der Waals surface area contributed by atoms with E-state index in [1.54, 1.807) is 85.7 Å². The van der Waals surface area contributed by atoms with Crippen molar-refractivity contribution < 1.29 is 29.0 Å². The molecule has 0 bridgehead atoms. The molecule has 0 aliphatic rings. The SMILES string of the molecule is C=C(C)C(=O)N(CCCOc1ccc(CC(Nc2ccccc2C(=O)c2ccccc2)C(=O)O)cc1)c1ccccc1OC. The quantitative estimate of drug-likeness (QED) is 0.0933. The highest BCUT2D eigenvalue weighted by Crippen LogP contribution is 2.29. The normalized spacial score (nSPS) is 11.2. The van der Waals surface area contributed by atoms with E-state index in [-0.39, 0.29) is 18.1 Å². The topological polar surface area (TPSA) is 105 Å². The average molecular weight is 593 g/mol. The number of benzene rings is 4. The summed E-state index contributed by atoms with van der Waals surface area (Å²) in [5, 5.41) is 13.0. The second kappa shape index (κ2) is 15.2. The summed E-state index contributed by atoms with van der Waals surface area (Å²) in [7, 11) is 1.57. The fourth-order valence-corrected chi connectivity index (χ4v) is 4.72. The molecule has 0 fully saturated rings. The van der Waals surface area contributed by atoms with Crippen molar-refractivity contribution in [3.05, 3.63) is 132 Å². The first-order valence-electron chi connectivity index (χ1n) is 14.3. The van der Waals surface area contributed by atoms with E-state index in [0.29, 0.717) is 59.1 Å². The number of para-hydroxylation sites is 3. The van der Waals surface area contributed by atoms with Gasteiger partial charge in [0.1, 0.15) is 17.5 Å². The van der Waals surface area contributed by atoms with Crippen LogP contribution < -0.4 is 19.7 Å². The number of methoxy groups -OCH3 is 1. The van der Waals surface area contributed by atoms with Crippen molar-refractivity contribution in [2.24, 2.45) is 0 Å². The summed E-state index contributed by atoms with van der Waals surface area (Å²) in [6.45, 7) is 6.25. The van der Waals surface area contributed by atoms with E-state index in [1.165, 1.54) is 0 Å². The number of hydrogen-bond donors (Lipinski definition) is 2. The highest BCUT2D eigenvalue weighted by Gasteiger charge is 2.22. The van der Waals surface area contributed by atoms with Crippen molar-refractivity contribution in [3.63, 3.8) is 0 Å². The summed E-state index contributed by atoms with van der Waals surface area (Å²) < 4.78 is 11.4. The predicted molar refractivity (Wildman–Crippen MR) is 172 cm³/mol. The van der Waals surface area contributed by atoms with Crippen molar-refractivity contribution in [3.8, 4) is 11.5 Å². The monoisotopic (exact) mass is 592 g/mol. The van der Waals surface area contributed by atoms with Crippen LogP contribution in [-0.2, 0) is 16.0 Å². The van der Waals surface area contributed by atoms with Crippen LogP contribution in [0.15, 0.2) is 115 Å². The van der Waals surface area contributed by atoms with Crippen LogP contribution in [0.3, 0.4) is 0 Å². The first-order valence-corrected chi connectivity index (χ1v) is 14.3. The molecule has 0 spiro atoms. The Labute approximate surface area is 257 Å². The Morgan fingerprint density at radius 2 is 1.55 bits per heavy atom. The van der Waals surface area contributed by atoms with Crippen molar-refractivity contribution in [1.29, 1.82) is 0 Å². The third-order valence-electron chi connectivity index (χ3n) is 6.98. The standard InChI is InChI=1S/C36H36N2O6/c1-25(2)35(40)38(32-16-9-10-17-33(32)43-3)22-11-23-44-28-20-18-26(19-21-28)24-31(36(41)42)37-30-15-8-7-14-29(30)34(39)27-12-5-4-6-13-27/h4-10,12-21,31,37H,1,11,22-24H2,2-3H3,(H,41,42). The van der Waals surface area contributed by atoms with Gasteiger partial charge in [0, 0.05) is 35.4 Å². The van der Waals surface area contributed by atoms with E-state index in [1.807, 2.05) is 36.4 Å². The molecule has 1 amide bonds. The van der Waals surface area contributed by atoms with E-state index in [4.69, 9.17) is 9.47 Å². The molecular formula is C36H36N2O6. The van der Waals surface area contributed by atoms with Crippen LogP contribution in [-0.4, -0.2) is 49.1 Å². The minimum absolute atomic E-state index is 0.186. The van der Waals surface area contributed by atoms with Crippen molar-refractivity contribution >= 4 is 29.0 Å². The number of nitrogens with one attached hydrogen (secondary N) is 1. The van der Waals surface area contributed by atoms with Crippen LogP contribution in [0.25, 0.3) is 0 Å². The highest BCUT2D eigenvalue weighted by atomic mass is 16.5. The van der Waals surface area contributed by atoms with Crippen LogP contribution in [0.2, 0.25) is 0 Å². The van der Waals surface area contributed by atoms with Gasteiger partial charge >= 0.3 is 5.97 Å². The lowest BCUT2D eigenvalue weighted by molar-refractivity contribution is -0.137. The van der Waals surface area contributed by atoms with Crippen molar-refractivity contribution in [2.75, 3.05) is 30.5 Å². The molecule has 8 nitrogen and oxygen atoms in total. The lowest BCUT2D eigenvalue weighted by Crippen LogP contribution is -2.33. The molecule has 4 rings (SSSR count). The number of carbonyl (C=O) groups excluding carboxylic acids is 2. The summed E-state index contributed by atoms with van der Waals surface area (Å²) in [5.74, 6) is -0.181. The average Bonchev–Trinajstić information content (AvgIpc) is 3.05. The fourth-order valence-electron chi connectivity index (χ4n) is 4.72. The number of anilines is 2. The van der Waals surface area contributed by atoms with Gasteiger partial charge < -0.3 is 24.8 Å².